The van der Waals surface area contributed by atoms with Gasteiger partial charge in [-0.3, -0.25) is 4.40 Å². The molecule has 3 rings (SSSR count). The maximum absolute atomic E-state index is 6.24. The van der Waals surface area contributed by atoms with Gasteiger partial charge >= 0.3 is 0 Å². The van der Waals surface area contributed by atoms with Crippen LogP contribution in [-0.2, 0) is 11.5 Å². The summed E-state index contributed by atoms with van der Waals surface area (Å²) in [7, 11) is -1.07. The van der Waals surface area contributed by atoms with Crippen molar-refractivity contribution in [1.82, 2.24) is 18.9 Å². The first kappa shape index (κ1) is 16.2. The fraction of sp³-hybridized carbons (Fsp3) is 0.429. The van der Waals surface area contributed by atoms with Gasteiger partial charge in [0.25, 0.3) is 0 Å². The Morgan fingerprint density at radius 2 is 2.09 bits per heavy atom. The number of aromatic nitrogens is 4. The Hall–Kier alpha value is -0.643. The zero-order valence-electron chi connectivity index (χ0n) is 12.8. The highest BCUT2D eigenvalue weighted by atomic mass is 127. The molecule has 118 valence electrons. The molecule has 0 fully saturated rings. The van der Waals surface area contributed by atoms with Gasteiger partial charge in [-0.25, -0.2) is 9.97 Å². The second-order valence-electron chi connectivity index (χ2n) is 6.50. The molecule has 0 radical (unpaired) electrons. The van der Waals surface area contributed by atoms with Crippen molar-refractivity contribution in [2.75, 3.05) is 6.61 Å². The van der Waals surface area contributed by atoms with Crippen molar-refractivity contribution in [3.05, 3.63) is 27.4 Å². The van der Waals surface area contributed by atoms with Crippen LogP contribution in [0.4, 0.5) is 0 Å². The molecule has 0 aromatic carbocycles. The van der Waals surface area contributed by atoms with Gasteiger partial charge in [0.15, 0.2) is 5.65 Å². The summed E-state index contributed by atoms with van der Waals surface area (Å²) in [5.74, 6) is 0. The maximum Gasteiger partial charge on any atom is 0.210 e. The number of ether oxygens (including phenoxy) is 1. The lowest BCUT2D eigenvalue weighted by molar-refractivity contribution is 0.0898. The Morgan fingerprint density at radius 3 is 2.82 bits per heavy atom. The molecule has 3 aromatic heterocycles. The molecule has 0 aliphatic heterocycles. The van der Waals surface area contributed by atoms with Crippen LogP contribution in [0, 0.1) is 3.57 Å². The molecule has 3 heterocycles. The van der Waals surface area contributed by atoms with Crippen LogP contribution in [0.1, 0.15) is 0 Å². The van der Waals surface area contributed by atoms with E-state index >= 15 is 0 Å². The van der Waals surface area contributed by atoms with Gasteiger partial charge < -0.3 is 9.30 Å². The van der Waals surface area contributed by atoms with Crippen molar-refractivity contribution in [3.8, 4) is 0 Å². The van der Waals surface area contributed by atoms with E-state index in [-0.39, 0.29) is 0 Å². The third kappa shape index (κ3) is 3.17. The lowest BCUT2D eigenvalue weighted by atomic mass is 10.4. The molecule has 0 spiro atoms. The lowest BCUT2D eigenvalue weighted by Crippen LogP contribution is -2.22. The summed E-state index contributed by atoms with van der Waals surface area (Å²) >= 11 is 8.54. The number of hydrogen-bond acceptors (Lipinski definition) is 3. The molecule has 22 heavy (non-hydrogen) atoms. The van der Waals surface area contributed by atoms with Crippen LogP contribution in [0.2, 0.25) is 31.0 Å². The first-order chi connectivity index (χ1) is 10.4. The highest BCUT2D eigenvalue weighted by Crippen LogP contribution is 2.27. The van der Waals surface area contributed by atoms with Crippen molar-refractivity contribution < 1.29 is 4.74 Å². The molecule has 0 aliphatic carbocycles. The van der Waals surface area contributed by atoms with Gasteiger partial charge in [-0.05, 0) is 40.2 Å². The van der Waals surface area contributed by atoms with Crippen molar-refractivity contribution in [3.63, 3.8) is 0 Å². The predicted octanol–water partition coefficient (Wildman–Crippen LogP) is 4.25. The van der Waals surface area contributed by atoms with Gasteiger partial charge in [-0.15, -0.1) is 0 Å². The minimum absolute atomic E-state index is 0.415. The first-order valence-electron chi connectivity index (χ1n) is 7.11. The molecule has 5 nitrogen and oxygen atoms in total. The van der Waals surface area contributed by atoms with Crippen molar-refractivity contribution in [1.29, 1.82) is 0 Å². The molecule has 0 amide bonds. The van der Waals surface area contributed by atoms with E-state index in [0.717, 1.165) is 32.9 Å². The fourth-order valence-corrected chi connectivity index (χ4v) is 4.05. The van der Waals surface area contributed by atoms with Gasteiger partial charge in [0, 0.05) is 36.8 Å². The van der Waals surface area contributed by atoms with Crippen LogP contribution in [0.3, 0.4) is 0 Å². The largest absolute Gasteiger partial charge is 0.361 e. The summed E-state index contributed by atoms with van der Waals surface area (Å²) in [6, 6.07) is 1.15. The van der Waals surface area contributed by atoms with Gasteiger partial charge in [-0.2, -0.15) is 0 Å². The molecule has 0 aliphatic rings. The molecule has 0 unspecified atom stereocenters. The molecule has 3 aromatic rings. The average Bonchev–Trinajstić information content (AvgIpc) is 2.99. The number of rotatable bonds is 5. The zero-order valence-corrected chi connectivity index (χ0v) is 16.7. The van der Waals surface area contributed by atoms with Gasteiger partial charge in [0.05, 0.1) is 5.39 Å². The number of nitrogens with zero attached hydrogens (tertiary/aromatic N) is 4. The highest BCUT2D eigenvalue weighted by Gasteiger charge is 2.16. The Labute approximate surface area is 148 Å². The normalized spacial score (nSPS) is 12.6. The summed E-state index contributed by atoms with van der Waals surface area (Å²) in [5.41, 5.74) is 1.65. The molecule has 0 N–H and O–H groups in total. The van der Waals surface area contributed by atoms with E-state index < -0.39 is 8.07 Å². The quantitative estimate of drug-likeness (QED) is 0.254. The summed E-state index contributed by atoms with van der Waals surface area (Å²) in [6.07, 6.45) is 5.60. The minimum atomic E-state index is -1.07. The van der Waals surface area contributed by atoms with Crippen LogP contribution in [-0.4, -0.2) is 33.6 Å². The van der Waals surface area contributed by atoms with Gasteiger partial charge in [-0.1, -0.05) is 19.6 Å². The van der Waals surface area contributed by atoms with Crippen molar-refractivity contribution in [2.45, 2.75) is 32.4 Å². The SMILES string of the molecule is C[Si](C)(C)CCOCn1cc(I)c2c1nc(Cl)n1ccnc21. The standard InChI is InChI=1S/C14H18ClIN4OSi/c1-22(2,3)7-6-21-9-19-8-10(16)11-12-17-4-5-20(12)14(15)18-13(11)19/h4-5,8H,6-7,9H2,1-3H3. The number of halogens is 2. The van der Waals surface area contributed by atoms with E-state index in [9.17, 15) is 0 Å². The Kier molecular flexibility index (Phi) is 4.50. The zero-order chi connectivity index (χ0) is 15.9. The Bertz CT molecular complexity index is 824. The van der Waals surface area contributed by atoms with Gasteiger partial charge in [0.1, 0.15) is 12.4 Å². The van der Waals surface area contributed by atoms with Crippen LogP contribution in [0.5, 0.6) is 0 Å². The second-order valence-corrected chi connectivity index (χ2v) is 13.6. The highest BCUT2D eigenvalue weighted by molar-refractivity contribution is 14.1. The Balaban J connectivity index is 1.89. The van der Waals surface area contributed by atoms with Crippen LogP contribution < -0.4 is 0 Å². The van der Waals surface area contributed by atoms with E-state index in [1.165, 1.54) is 0 Å². The van der Waals surface area contributed by atoms with E-state index in [0.29, 0.717) is 12.0 Å². The van der Waals surface area contributed by atoms with E-state index in [1.54, 1.807) is 10.6 Å². The molecule has 0 atom stereocenters. The number of hydrogen-bond donors (Lipinski definition) is 0. The lowest BCUT2D eigenvalue weighted by Gasteiger charge is -2.15. The second kappa shape index (κ2) is 6.10. The summed E-state index contributed by atoms with van der Waals surface area (Å²) < 4.78 is 10.7. The molecule has 0 bridgehead atoms. The molecular weight excluding hydrogens is 431 g/mol. The topological polar surface area (TPSA) is 44.4 Å². The van der Waals surface area contributed by atoms with Crippen LogP contribution >= 0.6 is 34.2 Å². The van der Waals surface area contributed by atoms with Crippen molar-refractivity contribution >= 4 is 58.9 Å². The molecule has 0 saturated heterocycles. The van der Waals surface area contributed by atoms with E-state index in [2.05, 4.69) is 52.2 Å². The average molecular weight is 449 g/mol. The van der Waals surface area contributed by atoms with E-state index in [1.807, 2.05) is 17.0 Å². The third-order valence-electron chi connectivity index (χ3n) is 3.49. The van der Waals surface area contributed by atoms with Crippen molar-refractivity contribution in [2.24, 2.45) is 0 Å². The summed E-state index contributed by atoms with van der Waals surface area (Å²) in [4.78, 5) is 8.90. The van der Waals surface area contributed by atoms with Crippen LogP contribution in [0.15, 0.2) is 18.6 Å². The first-order valence-corrected chi connectivity index (χ1v) is 12.3. The maximum atomic E-state index is 6.24. The smallest absolute Gasteiger partial charge is 0.210 e. The predicted molar refractivity (Wildman–Crippen MR) is 100 cm³/mol. The summed E-state index contributed by atoms with van der Waals surface area (Å²) in [5, 5.41) is 1.43. The van der Waals surface area contributed by atoms with E-state index in [4.69, 9.17) is 16.3 Å². The minimum Gasteiger partial charge on any atom is -0.361 e. The molecule has 0 saturated carbocycles. The summed E-state index contributed by atoms with van der Waals surface area (Å²) in [6.45, 7) is 8.32. The number of fused-ring (bicyclic) bond motifs is 3. The van der Waals surface area contributed by atoms with Crippen LogP contribution in [0.25, 0.3) is 16.7 Å². The molecule has 8 heteroatoms. The number of imidazole rings is 1. The monoisotopic (exact) mass is 448 g/mol. The third-order valence-corrected chi connectivity index (χ3v) is 6.28. The fourth-order valence-electron chi connectivity index (χ4n) is 2.26. The van der Waals surface area contributed by atoms with Gasteiger partial charge in [0.2, 0.25) is 5.28 Å². The molecular formula is C14H18ClIN4OSi. The Morgan fingerprint density at radius 1 is 1.32 bits per heavy atom.